The molecule has 1 heterocycles. The van der Waals surface area contributed by atoms with Crippen LogP contribution in [0.1, 0.15) is 187 Å². The van der Waals surface area contributed by atoms with Crippen molar-refractivity contribution < 1.29 is 44.2 Å². The van der Waals surface area contributed by atoms with Crippen molar-refractivity contribution in [3.63, 3.8) is 0 Å². The van der Waals surface area contributed by atoms with Crippen molar-refractivity contribution >= 4 is 5.97 Å². The zero-order valence-corrected chi connectivity index (χ0v) is 34.0. The molecule has 0 aromatic rings. The topological polar surface area (TPSA) is 135 Å². The molecule has 9 nitrogen and oxygen atoms in total. The van der Waals surface area contributed by atoms with Crippen LogP contribution in [0, 0.1) is 0 Å². The fourth-order valence-corrected chi connectivity index (χ4v) is 6.64. The van der Waals surface area contributed by atoms with Gasteiger partial charge in [-0.25, -0.2) is 0 Å². The summed E-state index contributed by atoms with van der Waals surface area (Å²) in [4.78, 5) is 12.8. The van der Waals surface area contributed by atoms with Gasteiger partial charge < -0.3 is 39.4 Å². The summed E-state index contributed by atoms with van der Waals surface area (Å²) in [5.41, 5.74) is 0. The Morgan fingerprint density at radius 1 is 0.604 bits per heavy atom. The van der Waals surface area contributed by atoms with Crippen LogP contribution >= 0.6 is 0 Å². The van der Waals surface area contributed by atoms with Gasteiger partial charge in [-0.15, -0.1) is 0 Å². The second kappa shape index (κ2) is 36.3. The van der Waals surface area contributed by atoms with Crippen molar-refractivity contribution in [1.82, 2.24) is 0 Å². The lowest BCUT2D eigenvalue weighted by Crippen LogP contribution is -2.59. The maximum Gasteiger partial charge on any atom is 0.306 e. The summed E-state index contributed by atoms with van der Waals surface area (Å²) >= 11 is 0. The Morgan fingerprint density at radius 3 is 1.66 bits per heavy atom. The van der Waals surface area contributed by atoms with Crippen LogP contribution in [-0.4, -0.2) is 89.6 Å². The molecule has 1 rings (SSSR count). The first-order chi connectivity index (χ1) is 25.9. The highest BCUT2D eigenvalue weighted by Crippen LogP contribution is 2.22. The second-order valence-electron chi connectivity index (χ2n) is 15.1. The van der Waals surface area contributed by atoms with E-state index in [1.54, 1.807) is 0 Å². The Kier molecular flexibility index (Phi) is 34.0. The lowest BCUT2D eigenvalue weighted by Gasteiger charge is -2.39. The molecule has 1 fully saturated rings. The zero-order chi connectivity index (χ0) is 38.6. The van der Waals surface area contributed by atoms with Gasteiger partial charge in [0.1, 0.15) is 30.5 Å². The van der Waals surface area contributed by atoms with Crippen LogP contribution in [0.2, 0.25) is 0 Å². The molecule has 0 radical (unpaired) electrons. The lowest BCUT2D eigenvalue weighted by atomic mass is 9.99. The highest BCUT2D eigenvalue weighted by Gasteiger charge is 2.44. The summed E-state index contributed by atoms with van der Waals surface area (Å²) in [6.45, 7) is 4.54. The van der Waals surface area contributed by atoms with Crippen LogP contribution in [0.3, 0.4) is 0 Å². The first kappa shape index (κ1) is 49.7. The Balaban J connectivity index is 2.25. The number of hydrogen-bond acceptors (Lipinski definition) is 9. The quantitative estimate of drug-likeness (QED) is 0.0278. The number of ether oxygens (including phenoxy) is 4. The molecule has 1 saturated heterocycles. The molecule has 6 unspecified atom stereocenters. The van der Waals surface area contributed by atoms with E-state index in [0.717, 1.165) is 38.5 Å². The molecule has 53 heavy (non-hydrogen) atoms. The summed E-state index contributed by atoms with van der Waals surface area (Å²) < 4.78 is 22.8. The smallest absolute Gasteiger partial charge is 0.306 e. The second-order valence-corrected chi connectivity index (χ2v) is 15.1. The molecule has 9 heteroatoms. The number of aliphatic hydroxyl groups excluding tert-OH is 4. The van der Waals surface area contributed by atoms with Crippen molar-refractivity contribution in [3.8, 4) is 0 Å². The van der Waals surface area contributed by atoms with E-state index >= 15 is 0 Å². The molecule has 0 spiro atoms. The highest BCUT2D eigenvalue weighted by molar-refractivity contribution is 5.69. The average molecular weight is 755 g/mol. The SMILES string of the molecule is CCCCC/C=C\C/C=C\CCCCCCCCCCCC(=O)OC(COCCCCCCCCCCCCC)COC1OC(CO)C(O)C(O)C1O. The summed E-state index contributed by atoms with van der Waals surface area (Å²) in [6.07, 6.45) is 33.4. The van der Waals surface area contributed by atoms with E-state index in [-0.39, 0.29) is 19.2 Å². The van der Waals surface area contributed by atoms with Crippen LogP contribution < -0.4 is 0 Å². The predicted molar refractivity (Wildman–Crippen MR) is 215 cm³/mol. The number of allylic oxidation sites excluding steroid dienone is 4. The van der Waals surface area contributed by atoms with Crippen molar-refractivity contribution in [2.24, 2.45) is 0 Å². The normalized spacial score (nSPS) is 21.2. The summed E-state index contributed by atoms with van der Waals surface area (Å²) in [7, 11) is 0. The highest BCUT2D eigenvalue weighted by atomic mass is 16.7. The Morgan fingerprint density at radius 2 is 1.09 bits per heavy atom. The molecule has 4 N–H and O–H groups in total. The van der Waals surface area contributed by atoms with Gasteiger partial charge in [-0.1, -0.05) is 160 Å². The molecular weight excluding hydrogens is 672 g/mol. The molecule has 1 aliphatic rings. The van der Waals surface area contributed by atoms with Crippen LogP contribution in [0.15, 0.2) is 24.3 Å². The van der Waals surface area contributed by atoms with E-state index in [9.17, 15) is 25.2 Å². The van der Waals surface area contributed by atoms with Gasteiger partial charge in [-0.3, -0.25) is 4.79 Å². The Labute approximate surface area is 324 Å². The van der Waals surface area contributed by atoms with Crippen LogP contribution in [0.25, 0.3) is 0 Å². The number of carbonyl (C=O) groups is 1. The van der Waals surface area contributed by atoms with E-state index in [2.05, 4.69) is 38.2 Å². The van der Waals surface area contributed by atoms with Crippen molar-refractivity contribution in [2.45, 2.75) is 224 Å². The predicted octanol–water partition coefficient (Wildman–Crippen LogP) is 9.42. The fraction of sp³-hybridized carbons (Fsp3) is 0.886. The molecule has 1 aliphatic heterocycles. The average Bonchev–Trinajstić information content (AvgIpc) is 3.16. The van der Waals surface area contributed by atoms with Gasteiger partial charge in [0.2, 0.25) is 0 Å². The van der Waals surface area contributed by atoms with E-state index in [1.807, 2.05) is 0 Å². The third-order valence-electron chi connectivity index (χ3n) is 10.1. The number of rotatable bonds is 37. The van der Waals surface area contributed by atoms with Gasteiger partial charge in [0.15, 0.2) is 6.29 Å². The van der Waals surface area contributed by atoms with E-state index in [0.29, 0.717) is 13.0 Å². The minimum Gasteiger partial charge on any atom is -0.457 e. The molecule has 6 atom stereocenters. The van der Waals surface area contributed by atoms with E-state index in [4.69, 9.17) is 18.9 Å². The monoisotopic (exact) mass is 755 g/mol. The zero-order valence-electron chi connectivity index (χ0n) is 34.0. The number of unbranched alkanes of at least 4 members (excludes halogenated alkanes) is 22. The maximum absolute atomic E-state index is 12.8. The third-order valence-corrected chi connectivity index (χ3v) is 10.1. The first-order valence-electron chi connectivity index (χ1n) is 21.9. The molecule has 0 aromatic heterocycles. The van der Waals surface area contributed by atoms with Gasteiger partial charge >= 0.3 is 5.97 Å². The van der Waals surface area contributed by atoms with Gasteiger partial charge in [0.05, 0.1) is 19.8 Å². The van der Waals surface area contributed by atoms with Gasteiger partial charge in [-0.05, 0) is 44.9 Å². The molecule has 0 bridgehead atoms. The number of carbonyl (C=O) groups excluding carboxylic acids is 1. The van der Waals surface area contributed by atoms with Gasteiger partial charge in [-0.2, -0.15) is 0 Å². The number of esters is 1. The van der Waals surface area contributed by atoms with Gasteiger partial charge in [0, 0.05) is 13.0 Å². The Hall–Kier alpha value is -1.33. The molecule has 0 amide bonds. The molecule has 312 valence electrons. The molecule has 0 aromatic carbocycles. The summed E-state index contributed by atoms with van der Waals surface area (Å²) in [6, 6.07) is 0. The summed E-state index contributed by atoms with van der Waals surface area (Å²) in [5, 5.41) is 40.0. The van der Waals surface area contributed by atoms with Crippen molar-refractivity contribution in [1.29, 1.82) is 0 Å². The maximum atomic E-state index is 12.8. The van der Waals surface area contributed by atoms with Gasteiger partial charge in [0.25, 0.3) is 0 Å². The van der Waals surface area contributed by atoms with Crippen molar-refractivity contribution in [2.75, 3.05) is 26.4 Å². The standard InChI is InChI=1S/C44H82O9/c1-3-5-7-9-11-13-15-16-17-18-19-20-21-22-23-25-27-29-31-33-40(46)52-38(37-51-44-43(49)42(48)41(47)39(35-45)53-44)36-50-34-32-30-28-26-24-14-12-10-8-6-4-2/h11,13,16-17,38-39,41-45,47-49H,3-10,12,14-15,18-37H2,1-2H3/b13-11-,17-16-. The summed E-state index contributed by atoms with van der Waals surface area (Å²) in [5.74, 6) is -0.317. The van der Waals surface area contributed by atoms with Crippen LogP contribution in [0.5, 0.6) is 0 Å². The molecular formula is C44H82O9. The van der Waals surface area contributed by atoms with E-state index < -0.39 is 43.4 Å². The molecule has 0 aliphatic carbocycles. The number of hydrogen-bond donors (Lipinski definition) is 4. The third kappa shape index (κ3) is 27.8. The first-order valence-corrected chi connectivity index (χ1v) is 21.9. The Bertz CT molecular complexity index is 864. The number of aliphatic hydroxyl groups is 4. The van der Waals surface area contributed by atoms with Crippen LogP contribution in [-0.2, 0) is 23.7 Å². The lowest BCUT2D eigenvalue weighted by molar-refractivity contribution is -0.305. The minimum absolute atomic E-state index is 0.112. The van der Waals surface area contributed by atoms with Crippen molar-refractivity contribution in [3.05, 3.63) is 24.3 Å². The largest absolute Gasteiger partial charge is 0.457 e. The fourth-order valence-electron chi connectivity index (χ4n) is 6.64. The molecule has 0 saturated carbocycles. The minimum atomic E-state index is -1.53. The van der Waals surface area contributed by atoms with E-state index in [1.165, 1.54) is 128 Å². The van der Waals surface area contributed by atoms with Crippen LogP contribution in [0.4, 0.5) is 0 Å².